The average molecular weight is 362 g/mol. The lowest BCUT2D eigenvalue weighted by atomic mass is 10.1. The van der Waals surface area contributed by atoms with Gasteiger partial charge in [0.05, 0.1) is 11.2 Å². The highest BCUT2D eigenvalue weighted by atomic mass is 16.5. The van der Waals surface area contributed by atoms with Crippen molar-refractivity contribution < 1.29 is 9.53 Å². The van der Waals surface area contributed by atoms with Crippen LogP contribution in [0.3, 0.4) is 0 Å². The highest BCUT2D eigenvalue weighted by molar-refractivity contribution is 5.99. The molecule has 1 N–H and O–H groups in total. The molecule has 2 aromatic carbocycles. The van der Waals surface area contributed by atoms with Crippen LogP contribution in [0, 0.1) is 0 Å². The number of hydrogen-bond acceptors (Lipinski definition) is 5. The lowest BCUT2D eigenvalue weighted by Gasteiger charge is -2.11. The SMILES string of the molecule is C/C(=N\Nc1ccc2ccccc2n1)c1ccc(OCC(=O)N(C)C)cc1. The molecule has 1 amide bonds. The van der Waals surface area contributed by atoms with Crippen molar-refractivity contribution in [2.45, 2.75) is 6.92 Å². The summed E-state index contributed by atoms with van der Waals surface area (Å²) in [6.45, 7) is 1.94. The third-order valence-electron chi connectivity index (χ3n) is 4.07. The molecule has 3 aromatic rings. The van der Waals surface area contributed by atoms with Crippen LogP contribution in [-0.2, 0) is 4.79 Å². The summed E-state index contributed by atoms with van der Waals surface area (Å²) in [6.07, 6.45) is 0. The Morgan fingerprint density at radius 2 is 1.81 bits per heavy atom. The van der Waals surface area contributed by atoms with Crippen molar-refractivity contribution in [1.82, 2.24) is 9.88 Å². The molecule has 0 bridgehead atoms. The number of para-hydroxylation sites is 1. The highest BCUT2D eigenvalue weighted by Crippen LogP contribution is 2.16. The first-order valence-corrected chi connectivity index (χ1v) is 8.62. The minimum atomic E-state index is -0.0797. The van der Waals surface area contributed by atoms with Gasteiger partial charge in [-0.05, 0) is 55.0 Å². The first-order valence-electron chi connectivity index (χ1n) is 8.62. The first kappa shape index (κ1) is 18.4. The summed E-state index contributed by atoms with van der Waals surface area (Å²) >= 11 is 0. The van der Waals surface area contributed by atoms with Crippen LogP contribution in [0.25, 0.3) is 10.9 Å². The van der Waals surface area contributed by atoms with E-state index >= 15 is 0 Å². The zero-order chi connectivity index (χ0) is 19.2. The van der Waals surface area contributed by atoms with Crippen molar-refractivity contribution in [3.63, 3.8) is 0 Å². The van der Waals surface area contributed by atoms with Gasteiger partial charge in [-0.2, -0.15) is 5.10 Å². The van der Waals surface area contributed by atoms with Gasteiger partial charge in [0.1, 0.15) is 11.6 Å². The summed E-state index contributed by atoms with van der Waals surface area (Å²) in [4.78, 5) is 17.6. The molecule has 1 aromatic heterocycles. The van der Waals surface area contributed by atoms with Crippen LogP contribution in [0.4, 0.5) is 5.82 Å². The van der Waals surface area contributed by atoms with Crippen LogP contribution in [0.5, 0.6) is 5.75 Å². The molecule has 0 atom stereocenters. The fourth-order valence-electron chi connectivity index (χ4n) is 2.40. The molecule has 0 aliphatic heterocycles. The monoisotopic (exact) mass is 362 g/mol. The predicted molar refractivity (Wildman–Crippen MR) is 108 cm³/mol. The van der Waals surface area contributed by atoms with Crippen LogP contribution in [0.2, 0.25) is 0 Å². The van der Waals surface area contributed by atoms with E-state index in [1.807, 2.05) is 67.6 Å². The summed E-state index contributed by atoms with van der Waals surface area (Å²) < 4.78 is 5.48. The van der Waals surface area contributed by atoms with E-state index in [0.29, 0.717) is 11.6 Å². The Labute approximate surface area is 158 Å². The molecule has 0 spiro atoms. The Kier molecular flexibility index (Phi) is 5.66. The average Bonchev–Trinajstić information content (AvgIpc) is 2.70. The number of hydrogen-bond donors (Lipinski definition) is 1. The van der Waals surface area contributed by atoms with E-state index in [4.69, 9.17) is 4.74 Å². The molecular formula is C21H22N4O2. The molecule has 0 radical (unpaired) electrons. The van der Waals surface area contributed by atoms with Crippen molar-refractivity contribution in [1.29, 1.82) is 0 Å². The Morgan fingerprint density at radius 3 is 2.56 bits per heavy atom. The van der Waals surface area contributed by atoms with Crippen LogP contribution in [-0.4, -0.2) is 42.2 Å². The van der Waals surface area contributed by atoms with Gasteiger partial charge >= 0.3 is 0 Å². The minimum absolute atomic E-state index is 0.0224. The first-order chi connectivity index (χ1) is 13.0. The molecule has 0 unspecified atom stereocenters. The standard InChI is InChI=1S/C21H22N4O2/c1-15(16-8-11-18(12-9-16)27-14-21(26)25(2)3)23-24-20-13-10-17-6-4-5-7-19(17)22-20/h4-13H,14H2,1-3H3,(H,22,24)/b23-15+. The number of amides is 1. The maximum atomic E-state index is 11.6. The highest BCUT2D eigenvalue weighted by Gasteiger charge is 2.05. The number of benzene rings is 2. The van der Waals surface area contributed by atoms with Crippen molar-refractivity contribution in [3.8, 4) is 5.75 Å². The van der Waals surface area contributed by atoms with E-state index in [1.165, 1.54) is 4.90 Å². The van der Waals surface area contributed by atoms with E-state index in [-0.39, 0.29) is 12.5 Å². The van der Waals surface area contributed by atoms with Gasteiger partial charge in [0.15, 0.2) is 6.61 Å². The third-order valence-corrected chi connectivity index (χ3v) is 4.07. The number of fused-ring (bicyclic) bond motifs is 1. The molecule has 138 valence electrons. The Bertz CT molecular complexity index is 965. The van der Waals surface area contributed by atoms with E-state index in [0.717, 1.165) is 22.2 Å². The number of rotatable bonds is 6. The van der Waals surface area contributed by atoms with Gasteiger partial charge in [0.25, 0.3) is 5.91 Å². The second kappa shape index (κ2) is 8.31. The van der Waals surface area contributed by atoms with Crippen molar-refractivity contribution in [2.75, 3.05) is 26.1 Å². The van der Waals surface area contributed by atoms with Gasteiger partial charge in [-0.1, -0.05) is 18.2 Å². The van der Waals surface area contributed by atoms with Gasteiger partial charge in [0.2, 0.25) is 0 Å². The van der Waals surface area contributed by atoms with Crippen LogP contribution < -0.4 is 10.2 Å². The lowest BCUT2D eigenvalue weighted by Crippen LogP contribution is -2.27. The molecule has 0 aliphatic carbocycles. The maximum absolute atomic E-state index is 11.6. The van der Waals surface area contributed by atoms with E-state index < -0.39 is 0 Å². The summed E-state index contributed by atoms with van der Waals surface area (Å²) in [7, 11) is 3.40. The summed E-state index contributed by atoms with van der Waals surface area (Å²) in [5.41, 5.74) is 5.69. The molecule has 0 fully saturated rings. The molecular weight excluding hydrogens is 340 g/mol. The molecule has 27 heavy (non-hydrogen) atoms. The van der Waals surface area contributed by atoms with Crippen molar-refractivity contribution in [2.24, 2.45) is 5.10 Å². The quantitative estimate of drug-likeness (QED) is 0.538. The van der Waals surface area contributed by atoms with E-state index in [1.54, 1.807) is 14.1 Å². The molecule has 6 heteroatoms. The number of nitrogens with zero attached hydrogens (tertiary/aromatic N) is 3. The van der Waals surface area contributed by atoms with E-state index in [9.17, 15) is 4.79 Å². The normalized spacial score (nSPS) is 11.3. The zero-order valence-corrected chi connectivity index (χ0v) is 15.6. The largest absolute Gasteiger partial charge is 0.484 e. The number of pyridine rings is 1. The second-order valence-corrected chi connectivity index (χ2v) is 6.30. The summed E-state index contributed by atoms with van der Waals surface area (Å²) in [5.74, 6) is 1.25. The van der Waals surface area contributed by atoms with Gasteiger partial charge in [0, 0.05) is 19.5 Å². The smallest absolute Gasteiger partial charge is 0.259 e. The molecule has 1 heterocycles. The number of carbonyl (C=O) groups excluding carboxylic acids is 1. The number of nitrogens with one attached hydrogen (secondary N) is 1. The topological polar surface area (TPSA) is 66.8 Å². The van der Waals surface area contributed by atoms with Gasteiger partial charge in [-0.25, -0.2) is 4.98 Å². The zero-order valence-electron chi connectivity index (χ0n) is 15.6. The fourth-order valence-corrected chi connectivity index (χ4v) is 2.40. The molecule has 0 saturated heterocycles. The Balaban J connectivity index is 1.63. The van der Waals surface area contributed by atoms with Crippen LogP contribution in [0.1, 0.15) is 12.5 Å². The molecule has 0 aliphatic rings. The fraction of sp³-hybridized carbons (Fsp3) is 0.190. The third kappa shape index (κ3) is 4.82. The van der Waals surface area contributed by atoms with Gasteiger partial charge in [-0.15, -0.1) is 0 Å². The molecule has 6 nitrogen and oxygen atoms in total. The number of aromatic nitrogens is 1. The molecule has 0 saturated carbocycles. The lowest BCUT2D eigenvalue weighted by molar-refractivity contribution is -0.130. The minimum Gasteiger partial charge on any atom is -0.484 e. The summed E-state index contributed by atoms with van der Waals surface area (Å²) in [5, 5.41) is 5.49. The number of carbonyl (C=O) groups is 1. The maximum Gasteiger partial charge on any atom is 0.259 e. The second-order valence-electron chi connectivity index (χ2n) is 6.30. The number of anilines is 1. The molecule has 3 rings (SSSR count). The van der Waals surface area contributed by atoms with E-state index in [2.05, 4.69) is 15.5 Å². The van der Waals surface area contributed by atoms with Crippen LogP contribution in [0.15, 0.2) is 65.8 Å². The van der Waals surface area contributed by atoms with Crippen molar-refractivity contribution >= 4 is 28.3 Å². The Hall–Kier alpha value is -3.41. The van der Waals surface area contributed by atoms with Crippen molar-refractivity contribution in [3.05, 3.63) is 66.2 Å². The van der Waals surface area contributed by atoms with Crippen LogP contribution >= 0.6 is 0 Å². The number of hydrazone groups is 1. The predicted octanol–water partition coefficient (Wildman–Crippen LogP) is 3.54. The van der Waals surface area contributed by atoms with Gasteiger partial charge in [-0.3, -0.25) is 10.2 Å². The number of likely N-dealkylation sites (N-methyl/N-ethyl adjacent to an activating group) is 1. The van der Waals surface area contributed by atoms with Gasteiger partial charge < -0.3 is 9.64 Å². The Morgan fingerprint density at radius 1 is 1.07 bits per heavy atom. The summed E-state index contributed by atoms with van der Waals surface area (Å²) in [6, 6.07) is 19.3. The number of ether oxygens (including phenoxy) is 1.